The Morgan fingerprint density at radius 2 is 1.96 bits per heavy atom. The Morgan fingerprint density at radius 1 is 1.14 bits per heavy atom. The smallest absolute Gasteiger partial charge is 0.295 e. The SMILES string of the molecule is O=C(c1ccc(-n2cncn2)c([N+](=O)[O-])c1)N1CC=C(c2ccccc2)CC1. The Kier molecular flexibility index (Phi) is 4.67. The van der Waals surface area contributed by atoms with Crippen molar-refractivity contribution in [2.45, 2.75) is 6.42 Å². The van der Waals surface area contributed by atoms with Crippen molar-refractivity contribution in [1.29, 1.82) is 0 Å². The second kappa shape index (κ2) is 7.43. The zero-order chi connectivity index (χ0) is 19.5. The highest BCUT2D eigenvalue weighted by atomic mass is 16.6. The topological polar surface area (TPSA) is 94.2 Å². The molecule has 28 heavy (non-hydrogen) atoms. The minimum Gasteiger partial charge on any atom is -0.335 e. The molecule has 0 unspecified atom stereocenters. The molecule has 8 heteroatoms. The van der Waals surface area contributed by atoms with Crippen LogP contribution >= 0.6 is 0 Å². The van der Waals surface area contributed by atoms with E-state index in [4.69, 9.17) is 0 Å². The summed E-state index contributed by atoms with van der Waals surface area (Å²) in [5.74, 6) is -0.225. The van der Waals surface area contributed by atoms with Crippen molar-refractivity contribution >= 4 is 17.2 Å². The quantitative estimate of drug-likeness (QED) is 0.516. The van der Waals surface area contributed by atoms with Crippen LogP contribution in [0.25, 0.3) is 11.3 Å². The first kappa shape index (κ1) is 17.6. The molecule has 0 aliphatic carbocycles. The van der Waals surface area contributed by atoms with Crippen molar-refractivity contribution in [1.82, 2.24) is 19.7 Å². The zero-order valence-electron chi connectivity index (χ0n) is 14.9. The molecule has 0 atom stereocenters. The van der Waals surface area contributed by atoms with Gasteiger partial charge in [0.05, 0.1) is 4.92 Å². The maximum Gasteiger partial charge on any atom is 0.295 e. The predicted molar refractivity (Wildman–Crippen MR) is 103 cm³/mol. The van der Waals surface area contributed by atoms with Gasteiger partial charge in [0, 0.05) is 24.7 Å². The first-order chi connectivity index (χ1) is 13.6. The van der Waals surface area contributed by atoms with Gasteiger partial charge in [-0.15, -0.1) is 0 Å². The third kappa shape index (κ3) is 3.39. The van der Waals surface area contributed by atoms with Gasteiger partial charge in [0.1, 0.15) is 18.3 Å². The Morgan fingerprint density at radius 3 is 2.61 bits per heavy atom. The normalized spacial score (nSPS) is 13.9. The number of carbonyl (C=O) groups is 1. The summed E-state index contributed by atoms with van der Waals surface area (Å²) < 4.78 is 1.31. The number of amides is 1. The molecule has 1 aliphatic heterocycles. The first-order valence-corrected chi connectivity index (χ1v) is 8.80. The molecule has 0 saturated carbocycles. The highest BCUT2D eigenvalue weighted by Crippen LogP contribution is 2.26. The highest BCUT2D eigenvalue weighted by molar-refractivity contribution is 5.96. The summed E-state index contributed by atoms with van der Waals surface area (Å²) in [5.41, 5.74) is 2.73. The van der Waals surface area contributed by atoms with Gasteiger partial charge < -0.3 is 4.90 Å². The second-order valence-corrected chi connectivity index (χ2v) is 6.40. The fourth-order valence-electron chi connectivity index (χ4n) is 3.28. The maximum atomic E-state index is 12.9. The number of hydrogen-bond donors (Lipinski definition) is 0. The minimum atomic E-state index is -0.516. The van der Waals surface area contributed by atoms with Crippen LogP contribution in [0.2, 0.25) is 0 Å². The van der Waals surface area contributed by atoms with E-state index in [-0.39, 0.29) is 22.8 Å². The lowest BCUT2D eigenvalue weighted by molar-refractivity contribution is -0.384. The number of benzene rings is 2. The molecule has 0 spiro atoms. The van der Waals surface area contributed by atoms with Crippen LogP contribution < -0.4 is 0 Å². The van der Waals surface area contributed by atoms with E-state index >= 15 is 0 Å². The van der Waals surface area contributed by atoms with Gasteiger partial charge in [-0.1, -0.05) is 36.4 Å². The molecule has 0 fully saturated rings. The largest absolute Gasteiger partial charge is 0.335 e. The van der Waals surface area contributed by atoms with E-state index in [0.717, 1.165) is 12.0 Å². The lowest BCUT2D eigenvalue weighted by atomic mass is 9.99. The van der Waals surface area contributed by atoms with Gasteiger partial charge in [-0.25, -0.2) is 9.67 Å². The summed E-state index contributed by atoms with van der Waals surface area (Å²) in [7, 11) is 0. The van der Waals surface area contributed by atoms with Gasteiger partial charge >= 0.3 is 0 Å². The van der Waals surface area contributed by atoms with Crippen molar-refractivity contribution in [2.75, 3.05) is 13.1 Å². The summed E-state index contributed by atoms with van der Waals surface area (Å²) >= 11 is 0. The Bertz CT molecular complexity index is 1040. The molecule has 4 rings (SSSR count). The monoisotopic (exact) mass is 375 g/mol. The number of hydrogen-bond acceptors (Lipinski definition) is 5. The second-order valence-electron chi connectivity index (χ2n) is 6.40. The van der Waals surface area contributed by atoms with Crippen LogP contribution in [0.15, 0.2) is 67.3 Å². The van der Waals surface area contributed by atoms with Crippen LogP contribution in [0, 0.1) is 10.1 Å². The van der Waals surface area contributed by atoms with Gasteiger partial charge in [-0.05, 0) is 29.7 Å². The first-order valence-electron chi connectivity index (χ1n) is 8.80. The molecule has 0 saturated heterocycles. The van der Waals surface area contributed by atoms with Gasteiger partial charge in [-0.2, -0.15) is 5.10 Å². The average molecular weight is 375 g/mol. The lowest BCUT2D eigenvalue weighted by Gasteiger charge is -2.26. The number of rotatable bonds is 4. The molecule has 0 N–H and O–H groups in total. The lowest BCUT2D eigenvalue weighted by Crippen LogP contribution is -2.34. The predicted octanol–water partition coefficient (Wildman–Crippen LogP) is 3.11. The molecule has 1 amide bonds. The molecule has 0 bridgehead atoms. The molecule has 2 aromatic carbocycles. The summed E-state index contributed by atoms with van der Waals surface area (Å²) in [6.07, 6.45) is 5.46. The van der Waals surface area contributed by atoms with Gasteiger partial charge in [0.2, 0.25) is 0 Å². The maximum absolute atomic E-state index is 12.9. The van der Waals surface area contributed by atoms with Crippen LogP contribution in [-0.2, 0) is 0 Å². The number of aromatic nitrogens is 3. The molecule has 8 nitrogen and oxygen atoms in total. The molecule has 1 aromatic heterocycles. The minimum absolute atomic E-state index is 0.186. The summed E-state index contributed by atoms with van der Waals surface area (Å²) in [5, 5.41) is 15.4. The Balaban J connectivity index is 1.56. The molecule has 0 radical (unpaired) electrons. The standard InChI is InChI=1S/C20H17N5O3/c26-20(23-10-8-16(9-11-23)15-4-2-1-3-5-15)17-6-7-18(19(12-17)25(27)28)24-14-21-13-22-24/h1-8,12-14H,9-11H2. The van der Waals surface area contributed by atoms with Crippen molar-refractivity contribution in [3.05, 3.63) is 88.5 Å². The molecular weight excluding hydrogens is 358 g/mol. The van der Waals surface area contributed by atoms with Crippen molar-refractivity contribution in [3.8, 4) is 5.69 Å². The average Bonchev–Trinajstić information content (AvgIpc) is 3.28. The van der Waals surface area contributed by atoms with E-state index in [1.807, 2.05) is 24.3 Å². The van der Waals surface area contributed by atoms with Gasteiger partial charge in [-0.3, -0.25) is 14.9 Å². The fraction of sp³-hybridized carbons (Fsp3) is 0.150. The number of carbonyl (C=O) groups excluding carboxylic acids is 1. The summed E-state index contributed by atoms with van der Waals surface area (Å²) in [4.78, 5) is 29.3. The molecule has 2 heterocycles. The molecule has 140 valence electrons. The number of nitro groups is 1. The van der Waals surface area contributed by atoms with E-state index in [2.05, 4.69) is 22.2 Å². The molecular formula is C20H17N5O3. The third-order valence-corrected chi connectivity index (χ3v) is 4.73. The fourth-order valence-corrected chi connectivity index (χ4v) is 3.28. The number of nitrogens with zero attached hydrogens (tertiary/aromatic N) is 5. The van der Waals surface area contributed by atoms with E-state index in [0.29, 0.717) is 13.1 Å². The van der Waals surface area contributed by atoms with Gasteiger partial charge in [0.25, 0.3) is 11.6 Å². The van der Waals surface area contributed by atoms with Crippen LogP contribution in [0.5, 0.6) is 0 Å². The van der Waals surface area contributed by atoms with E-state index in [1.54, 1.807) is 11.0 Å². The highest BCUT2D eigenvalue weighted by Gasteiger charge is 2.23. The van der Waals surface area contributed by atoms with Crippen LogP contribution in [-0.4, -0.2) is 43.6 Å². The van der Waals surface area contributed by atoms with Crippen LogP contribution in [0.3, 0.4) is 0 Å². The van der Waals surface area contributed by atoms with Crippen molar-refractivity contribution < 1.29 is 9.72 Å². The van der Waals surface area contributed by atoms with E-state index in [9.17, 15) is 14.9 Å². The van der Waals surface area contributed by atoms with Crippen LogP contribution in [0.4, 0.5) is 5.69 Å². The number of nitro benzene ring substituents is 1. The Labute approximate surface area is 160 Å². The van der Waals surface area contributed by atoms with Crippen molar-refractivity contribution in [3.63, 3.8) is 0 Å². The molecule has 3 aromatic rings. The van der Waals surface area contributed by atoms with Crippen molar-refractivity contribution in [2.24, 2.45) is 0 Å². The Hall–Kier alpha value is -3.81. The summed E-state index contributed by atoms with van der Waals surface area (Å²) in [6.45, 7) is 1.04. The zero-order valence-corrected chi connectivity index (χ0v) is 14.9. The van der Waals surface area contributed by atoms with E-state index < -0.39 is 4.92 Å². The van der Waals surface area contributed by atoms with Gasteiger partial charge in [0.15, 0.2) is 0 Å². The van der Waals surface area contributed by atoms with E-state index in [1.165, 1.54) is 35.0 Å². The molecule has 1 aliphatic rings. The van der Waals surface area contributed by atoms with Crippen LogP contribution in [0.1, 0.15) is 22.3 Å². The third-order valence-electron chi connectivity index (χ3n) is 4.73. The summed E-state index contributed by atoms with van der Waals surface area (Å²) in [6, 6.07) is 14.5.